The van der Waals surface area contributed by atoms with E-state index in [4.69, 9.17) is 9.73 Å². The summed E-state index contributed by atoms with van der Waals surface area (Å²) in [5.74, 6) is 1.40. The van der Waals surface area contributed by atoms with E-state index in [0.717, 1.165) is 51.3 Å². The average molecular weight is 426 g/mol. The Bertz CT molecular complexity index is 574. The second-order valence-corrected chi connectivity index (χ2v) is 9.09. The van der Waals surface area contributed by atoms with Crippen molar-refractivity contribution >= 4 is 18.0 Å². The maximum absolute atomic E-state index is 12.4. The maximum Gasteiger partial charge on any atom is 0.408 e. The molecule has 1 rings (SSSR count). The fourth-order valence-corrected chi connectivity index (χ4v) is 3.58. The quantitative estimate of drug-likeness (QED) is 0.411. The molecule has 2 amide bonds. The number of nitrogens with one attached hydrogen (secondary N) is 3. The molecule has 1 aliphatic rings. The first-order valence-electron chi connectivity index (χ1n) is 11.3. The van der Waals surface area contributed by atoms with Gasteiger partial charge in [0.25, 0.3) is 0 Å². The van der Waals surface area contributed by atoms with Crippen LogP contribution >= 0.6 is 0 Å². The van der Waals surface area contributed by atoms with Crippen LogP contribution in [0, 0.1) is 5.92 Å². The Hall–Kier alpha value is -1.99. The van der Waals surface area contributed by atoms with Crippen LogP contribution in [-0.4, -0.2) is 67.2 Å². The number of rotatable bonds is 8. The number of piperidine rings is 1. The van der Waals surface area contributed by atoms with Crippen molar-refractivity contribution in [3.63, 3.8) is 0 Å². The zero-order chi connectivity index (χ0) is 22.8. The molecular weight excluding hydrogens is 382 g/mol. The van der Waals surface area contributed by atoms with E-state index < -0.39 is 17.2 Å². The van der Waals surface area contributed by atoms with Crippen LogP contribution in [0.3, 0.4) is 0 Å². The molecule has 0 saturated carbocycles. The van der Waals surface area contributed by atoms with Gasteiger partial charge in [-0.05, 0) is 59.3 Å². The highest BCUT2D eigenvalue weighted by Crippen LogP contribution is 2.22. The minimum Gasteiger partial charge on any atom is -0.444 e. The third-order valence-electron chi connectivity index (χ3n) is 5.65. The third-order valence-corrected chi connectivity index (χ3v) is 5.65. The second kappa shape index (κ2) is 12.0. The molecule has 1 heterocycles. The topological polar surface area (TPSA) is 95.1 Å². The van der Waals surface area contributed by atoms with E-state index in [1.807, 2.05) is 20.8 Å². The lowest BCUT2D eigenvalue weighted by atomic mass is 9.92. The van der Waals surface area contributed by atoms with Crippen LogP contribution in [-0.2, 0) is 9.53 Å². The van der Waals surface area contributed by atoms with Crippen LogP contribution in [0.15, 0.2) is 4.99 Å². The molecule has 0 spiro atoms. The molecule has 0 aliphatic carbocycles. The summed E-state index contributed by atoms with van der Waals surface area (Å²) in [6, 6.07) is 0. The van der Waals surface area contributed by atoms with Gasteiger partial charge in [0.2, 0.25) is 5.91 Å². The van der Waals surface area contributed by atoms with Gasteiger partial charge in [0.15, 0.2) is 5.96 Å². The van der Waals surface area contributed by atoms with Gasteiger partial charge < -0.3 is 25.6 Å². The summed E-state index contributed by atoms with van der Waals surface area (Å²) >= 11 is 0. The normalized spacial score (nSPS) is 16.2. The first-order chi connectivity index (χ1) is 14.1. The Labute approximate surface area is 182 Å². The van der Waals surface area contributed by atoms with Gasteiger partial charge in [-0.1, -0.05) is 13.8 Å². The van der Waals surface area contributed by atoms with Gasteiger partial charge in [-0.15, -0.1) is 0 Å². The summed E-state index contributed by atoms with van der Waals surface area (Å²) in [6.45, 7) is 14.8. The molecule has 30 heavy (non-hydrogen) atoms. The van der Waals surface area contributed by atoms with E-state index in [0.29, 0.717) is 18.9 Å². The molecule has 1 fully saturated rings. The van der Waals surface area contributed by atoms with E-state index in [1.54, 1.807) is 7.05 Å². The van der Waals surface area contributed by atoms with Crippen LogP contribution in [0.4, 0.5) is 4.79 Å². The molecule has 174 valence electrons. The summed E-state index contributed by atoms with van der Waals surface area (Å²) in [5, 5.41) is 9.16. The van der Waals surface area contributed by atoms with E-state index in [1.165, 1.54) is 0 Å². The summed E-state index contributed by atoms with van der Waals surface area (Å²) in [6.07, 6.45) is 3.66. The molecule has 8 nitrogen and oxygen atoms in total. The molecule has 0 aromatic heterocycles. The van der Waals surface area contributed by atoms with Gasteiger partial charge in [0.05, 0.1) is 12.1 Å². The summed E-state index contributed by atoms with van der Waals surface area (Å²) in [7, 11) is 1.69. The van der Waals surface area contributed by atoms with Crippen LogP contribution in [0.5, 0.6) is 0 Å². The van der Waals surface area contributed by atoms with Gasteiger partial charge in [-0.2, -0.15) is 0 Å². The van der Waals surface area contributed by atoms with Gasteiger partial charge in [-0.25, -0.2) is 4.79 Å². The molecule has 1 saturated heterocycles. The number of hydrogen-bond donors (Lipinski definition) is 3. The van der Waals surface area contributed by atoms with Gasteiger partial charge >= 0.3 is 6.09 Å². The standard InChI is InChI=1S/C22H43N5O3/c1-8-22(9-2,26-20(29)30-21(4,5)6)16-25-19(24-10-3)27-13-11-17(12-14-27)15-18(28)23-7/h17H,8-16H2,1-7H3,(H,23,28)(H,24,25)(H,26,29). The van der Waals surface area contributed by atoms with Crippen LogP contribution < -0.4 is 16.0 Å². The van der Waals surface area contributed by atoms with Crippen molar-refractivity contribution in [3.8, 4) is 0 Å². The van der Waals surface area contributed by atoms with Crippen LogP contribution in [0.1, 0.15) is 73.6 Å². The predicted octanol–water partition coefficient (Wildman–Crippen LogP) is 2.88. The van der Waals surface area contributed by atoms with Crippen molar-refractivity contribution in [1.82, 2.24) is 20.9 Å². The number of guanidine groups is 1. The average Bonchev–Trinajstić information content (AvgIpc) is 2.69. The van der Waals surface area contributed by atoms with Gasteiger partial charge in [-0.3, -0.25) is 9.79 Å². The first kappa shape index (κ1) is 26.0. The molecule has 8 heteroatoms. The van der Waals surface area contributed by atoms with E-state index in [-0.39, 0.29) is 5.91 Å². The van der Waals surface area contributed by atoms with Crippen molar-refractivity contribution in [1.29, 1.82) is 0 Å². The highest BCUT2D eigenvalue weighted by molar-refractivity contribution is 5.80. The zero-order valence-corrected chi connectivity index (χ0v) is 20.1. The van der Waals surface area contributed by atoms with Crippen LogP contribution in [0.25, 0.3) is 0 Å². The molecule has 0 aromatic rings. The Morgan fingerprint density at radius 3 is 2.17 bits per heavy atom. The Balaban J connectivity index is 2.80. The Kier molecular flexibility index (Phi) is 10.4. The Morgan fingerprint density at radius 1 is 1.10 bits per heavy atom. The van der Waals surface area contributed by atoms with Crippen molar-refractivity contribution in [3.05, 3.63) is 0 Å². The van der Waals surface area contributed by atoms with Gasteiger partial charge in [0.1, 0.15) is 5.60 Å². The number of aliphatic imine (C=N–C) groups is 1. The van der Waals surface area contributed by atoms with Crippen molar-refractivity contribution in [2.45, 2.75) is 84.8 Å². The van der Waals surface area contributed by atoms with Gasteiger partial charge in [0, 0.05) is 33.1 Å². The lowest BCUT2D eigenvalue weighted by molar-refractivity contribution is -0.121. The molecule has 0 radical (unpaired) electrons. The van der Waals surface area contributed by atoms with Crippen molar-refractivity contribution < 1.29 is 14.3 Å². The zero-order valence-electron chi connectivity index (χ0n) is 20.1. The number of amides is 2. The van der Waals surface area contributed by atoms with Crippen molar-refractivity contribution in [2.24, 2.45) is 10.9 Å². The number of nitrogens with zero attached hydrogens (tertiary/aromatic N) is 2. The highest BCUT2D eigenvalue weighted by Gasteiger charge is 2.31. The number of hydrogen-bond acceptors (Lipinski definition) is 4. The second-order valence-electron chi connectivity index (χ2n) is 9.09. The minimum absolute atomic E-state index is 0.109. The van der Waals surface area contributed by atoms with E-state index in [2.05, 4.69) is 41.6 Å². The van der Waals surface area contributed by atoms with E-state index >= 15 is 0 Å². The summed E-state index contributed by atoms with van der Waals surface area (Å²) < 4.78 is 5.46. The number of ether oxygens (including phenoxy) is 1. The lowest BCUT2D eigenvalue weighted by Gasteiger charge is -2.36. The predicted molar refractivity (Wildman–Crippen MR) is 122 cm³/mol. The maximum atomic E-state index is 12.4. The first-order valence-corrected chi connectivity index (χ1v) is 11.3. The third kappa shape index (κ3) is 8.79. The number of carbonyl (C=O) groups is 2. The fraction of sp³-hybridized carbons (Fsp3) is 0.864. The largest absolute Gasteiger partial charge is 0.444 e. The molecular formula is C22H43N5O3. The molecule has 1 aliphatic heterocycles. The fourth-order valence-electron chi connectivity index (χ4n) is 3.58. The summed E-state index contributed by atoms with van der Waals surface area (Å²) in [4.78, 5) is 31.2. The lowest BCUT2D eigenvalue weighted by Crippen LogP contribution is -2.53. The molecule has 0 aromatic carbocycles. The number of likely N-dealkylation sites (tertiary alicyclic amines) is 1. The monoisotopic (exact) mass is 425 g/mol. The minimum atomic E-state index is -0.533. The molecule has 3 N–H and O–H groups in total. The van der Waals surface area contributed by atoms with Crippen molar-refractivity contribution in [2.75, 3.05) is 33.2 Å². The summed E-state index contributed by atoms with van der Waals surface area (Å²) in [5.41, 5.74) is -0.977. The highest BCUT2D eigenvalue weighted by atomic mass is 16.6. The van der Waals surface area contributed by atoms with Crippen LogP contribution in [0.2, 0.25) is 0 Å². The van der Waals surface area contributed by atoms with E-state index in [9.17, 15) is 9.59 Å². The Morgan fingerprint density at radius 2 is 1.70 bits per heavy atom. The number of alkyl carbamates (subject to hydrolysis) is 1. The number of carbonyl (C=O) groups excluding carboxylic acids is 2. The molecule has 0 atom stereocenters. The molecule has 0 unspecified atom stereocenters. The molecule has 0 bridgehead atoms. The SMILES string of the molecule is CCNC(=NCC(CC)(CC)NC(=O)OC(C)(C)C)N1CCC(CC(=O)NC)CC1. The smallest absolute Gasteiger partial charge is 0.408 e.